The van der Waals surface area contributed by atoms with E-state index in [9.17, 15) is 8.42 Å². The van der Waals surface area contributed by atoms with Crippen LogP contribution in [0.2, 0.25) is 0 Å². The standard InChI is InChI=1S/C14H22N2O2S2/c15-10-12-9-13(19-11-12)20(17,18)16-7-5-14(6-8-16)3-1-2-4-14/h9,11H,1-8,10,15H2. The molecular formula is C14H22N2O2S2. The zero-order valence-electron chi connectivity index (χ0n) is 11.7. The van der Waals surface area contributed by atoms with Crippen LogP contribution < -0.4 is 5.73 Å². The van der Waals surface area contributed by atoms with Crippen molar-refractivity contribution in [2.45, 2.75) is 49.3 Å². The monoisotopic (exact) mass is 314 g/mol. The molecule has 2 aliphatic rings. The molecule has 1 saturated carbocycles. The molecule has 6 heteroatoms. The first-order valence-corrected chi connectivity index (χ1v) is 9.65. The molecule has 1 aliphatic carbocycles. The van der Waals surface area contributed by atoms with Crippen LogP contribution in [0.1, 0.15) is 44.1 Å². The summed E-state index contributed by atoms with van der Waals surface area (Å²) in [4.78, 5) is 0. The van der Waals surface area contributed by atoms with Crippen molar-refractivity contribution in [2.24, 2.45) is 11.1 Å². The van der Waals surface area contributed by atoms with Gasteiger partial charge in [-0.05, 0) is 48.1 Å². The highest BCUT2D eigenvalue weighted by atomic mass is 32.2. The van der Waals surface area contributed by atoms with E-state index < -0.39 is 10.0 Å². The van der Waals surface area contributed by atoms with Gasteiger partial charge in [0.2, 0.25) is 0 Å². The van der Waals surface area contributed by atoms with Gasteiger partial charge in [-0.25, -0.2) is 8.42 Å². The van der Waals surface area contributed by atoms with E-state index >= 15 is 0 Å². The molecule has 0 bridgehead atoms. The summed E-state index contributed by atoms with van der Waals surface area (Å²) in [6.45, 7) is 1.76. The lowest BCUT2D eigenvalue weighted by Gasteiger charge is -2.38. The summed E-state index contributed by atoms with van der Waals surface area (Å²) >= 11 is 1.29. The molecule has 0 aromatic carbocycles. The number of nitrogens with two attached hydrogens (primary N) is 1. The first-order chi connectivity index (χ1) is 9.56. The van der Waals surface area contributed by atoms with Crippen molar-refractivity contribution in [3.05, 3.63) is 17.0 Å². The van der Waals surface area contributed by atoms with Crippen LogP contribution in [0.4, 0.5) is 0 Å². The van der Waals surface area contributed by atoms with Gasteiger partial charge in [0.1, 0.15) is 4.21 Å². The minimum Gasteiger partial charge on any atom is -0.326 e. The third kappa shape index (κ3) is 2.54. The predicted octanol–water partition coefficient (Wildman–Crippen LogP) is 2.55. The van der Waals surface area contributed by atoms with Gasteiger partial charge >= 0.3 is 0 Å². The fourth-order valence-electron chi connectivity index (χ4n) is 3.55. The fourth-order valence-corrected chi connectivity index (χ4v) is 6.36. The van der Waals surface area contributed by atoms with Crippen molar-refractivity contribution in [1.82, 2.24) is 4.31 Å². The predicted molar refractivity (Wildman–Crippen MR) is 81.1 cm³/mol. The maximum atomic E-state index is 12.6. The number of nitrogens with zero attached hydrogens (tertiary/aromatic N) is 1. The molecule has 2 N–H and O–H groups in total. The highest BCUT2D eigenvalue weighted by Crippen LogP contribution is 2.46. The summed E-state index contributed by atoms with van der Waals surface area (Å²) in [5.41, 5.74) is 6.91. The average Bonchev–Trinajstić information content (AvgIpc) is 3.09. The van der Waals surface area contributed by atoms with E-state index in [1.807, 2.05) is 5.38 Å². The van der Waals surface area contributed by atoms with Gasteiger partial charge in [0.15, 0.2) is 0 Å². The molecule has 2 heterocycles. The van der Waals surface area contributed by atoms with Gasteiger partial charge in [0, 0.05) is 19.6 Å². The molecule has 1 aliphatic heterocycles. The highest BCUT2D eigenvalue weighted by Gasteiger charge is 2.40. The SMILES string of the molecule is NCc1csc(S(=O)(=O)N2CCC3(CCCC3)CC2)c1. The van der Waals surface area contributed by atoms with Gasteiger partial charge in [-0.15, -0.1) is 11.3 Å². The summed E-state index contributed by atoms with van der Waals surface area (Å²) in [5.74, 6) is 0. The number of hydrogen-bond acceptors (Lipinski definition) is 4. The average molecular weight is 314 g/mol. The van der Waals surface area contributed by atoms with Crippen LogP contribution in [0.15, 0.2) is 15.7 Å². The van der Waals surface area contributed by atoms with E-state index in [2.05, 4.69) is 0 Å². The lowest BCUT2D eigenvalue weighted by atomic mass is 9.78. The van der Waals surface area contributed by atoms with Gasteiger partial charge in [-0.1, -0.05) is 12.8 Å². The Kier molecular flexibility index (Phi) is 3.92. The zero-order chi connectivity index (χ0) is 14.2. The Bertz CT molecular complexity index is 564. The maximum absolute atomic E-state index is 12.6. The topological polar surface area (TPSA) is 63.4 Å². The van der Waals surface area contributed by atoms with Crippen LogP contribution in [-0.2, 0) is 16.6 Å². The lowest BCUT2D eigenvalue weighted by molar-refractivity contribution is 0.160. The van der Waals surface area contributed by atoms with Crippen LogP contribution in [0.25, 0.3) is 0 Å². The van der Waals surface area contributed by atoms with E-state index in [0.29, 0.717) is 29.3 Å². The molecule has 1 aromatic heterocycles. The Morgan fingerprint density at radius 3 is 2.40 bits per heavy atom. The van der Waals surface area contributed by atoms with Crippen molar-refractivity contribution in [1.29, 1.82) is 0 Å². The molecule has 0 unspecified atom stereocenters. The van der Waals surface area contributed by atoms with Crippen molar-refractivity contribution < 1.29 is 8.42 Å². The van der Waals surface area contributed by atoms with E-state index in [4.69, 9.17) is 5.73 Å². The molecule has 112 valence electrons. The molecule has 4 nitrogen and oxygen atoms in total. The Labute approximate surface area is 125 Å². The second-order valence-corrected chi connectivity index (χ2v) is 9.17. The lowest BCUT2D eigenvalue weighted by Crippen LogP contribution is -2.41. The largest absolute Gasteiger partial charge is 0.326 e. The number of hydrogen-bond donors (Lipinski definition) is 1. The van der Waals surface area contributed by atoms with Crippen molar-refractivity contribution >= 4 is 21.4 Å². The smallest absolute Gasteiger partial charge is 0.252 e. The Hall–Kier alpha value is -0.430. The summed E-state index contributed by atoms with van der Waals surface area (Å²) in [6, 6.07) is 1.72. The summed E-state index contributed by atoms with van der Waals surface area (Å²) in [6.07, 6.45) is 7.27. The van der Waals surface area contributed by atoms with Crippen LogP contribution >= 0.6 is 11.3 Å². The van der Waals surface area contributed by atoms with E-state index in [1.54, 1.807) is 10.4 Å². The number of piperidine rings is 1. The molecule has 1 saturated heterocycles. The van der Waals surface area contributed by atoms with Crippen molar-refractivity contribution in [3.63, 3.8) is 0 Å². The number of rotatable bonds is 3. The van der Waals surface area contributed by atoms with E-state index in [1.165, 1.54) is 37.0 Å². The Morgan fingerprint density at radius 1 is 1.20 bits per heavy atom. The number of sulfonamides is 1. The summed E-state index contributed by atoms with van der Waals surface area (Å²) < 4.78 is 27.3. The normalized spacial score (nSPS) is 23.4. The van der Waals surface area contributed by atoms with Crippen LogP contribution in [0.5, 0.6) is 0 Å². The van der Waals surface area contributed by atoms with Crippen LogP contribution in [0.3, 0.4) is 0 Å². The van der Waals surface area contributed by atoms with E-state index in [0.717, 1.165) is 18.4 Å². The highest BCUT2D eigenvalue weighted by molar-refractivity contribution is 7.91. The van der Waals surface area contributed by atoms with Gasteiger partial charge in [0.25, 0.3) is 10.0 Å². The summed E-state index contributed by atoms with van der Waals surface area (Å²) in [5, 5.41) is 1.84. The third-order valence-corrected chi connectivity index (χ3v) is 8.27. The molecule has 0 amide bonds. The molecule has 20 heavy (non-hydrogen) atoms. The minimum absolute atomic E-state index is 0.398. The second-order valence-electron chi connectivity index (χ2n) is 6.09. The number of thiophene rings is 1. The second kappa shape index (κ2) is 5.40. The first kappa shape index (κ1) is 14.5. The van der Waals surface area contributed by atoms with Crippen LogP contribution in [0, 0.1) is 5.41 Å². The maximum Gasteiger partial charge on any atom is 0.252 e. The van der Waals surface area contributed by atoms with Crippen LogP contribution in [-0.4, -0.2) is 25.8 Å². The molecule has 1 spiro atoms. The molecule has 0 radical (unpaired) electrons. The van der Waals surface area contributed by atoms with Gasteiger partial charge in [-0.3, -0.25) is 0 Å². The minimum atomic E-state index is -3.30. The molecule has 3 rings (SSSR count). The van der Waals surface area contributed by atoms with Gasteiger partial charge in [0.05, 0.1) is 0 Å². The van der Waals surface area contributed by atoms with Crippen molar-refractivity contribution in [3.8, 4) is 0 Å². The summed E-state index contributed by atoms with van der Waals surface area (Å²) in [7, 11) is -3.30. The first-order valence-electron chi connectivity index (χ1n) is 7.33. The fraction of sp³-hybridized carbons (Fsp3) is 0.714. The quantitative estimate of drug-likeness (QED) is 0.932. The Balaban J connectivity index is 1.73. The zero-order valence-corrected chi connectivity index (χ0v) is 13.3. The Morgan fingerprint density at radius 2 is 1.85 bits per heavy atom. The third-order valence-electron chi connectivity index (χ3n) is 4.91. The van der Waals surface area contributed by atoms with Gasteiger partial charge < -0.3 is 5.73 Å². The molecule has 2 fully saturated rings. The van der Waals surface area contributed by atoms with Crippen molar-refractivity contribution in [2.75, 3.05) is 13.1 Å². The van der Waals surface area contributed by atoms with E-state index in [-0.39, 0.29) is 0 Å². The van der Waals surface area contributed by atoms with Gasteiger partial charge in [-0.2, -0.15) is 4.31 Å². The molecular weight excluding hydrogens is 292 g/mol. The molecule has 1 aromatic rings. The molecule has 0 atom stereocenters.